The summed E-state index contributed by atoms with van der Waals surface area (Å²) in [5.41, 5.74) is 1.29. The molecule has 12 heteroatoms. The highest BCUT2D eigenvalue weighted by molar-refractivity contribution is 7.07. The van der Waals surface area contributed by atoms with Crippen molar-refractivity contribution in [2.75, 3.05) is 18.1 Å². The number of allylic oxidation sites excluding steroid dienone is 1. The van der Waals surface area contributed by atoms with E-state index in [0.29, 0.717) is 22.5 Å². The van der Waals surface area contributed by atoms with Crippen LogP contribution in [-0.2, 0) is 23.9 Å². The number of esters is 2. The maximum absolute atomic E-state index is 14.2. The van der Waals surface area contributed by atoms with E-state index in [0.717, 1.165) is 16.2 Å². The molecule has 1 atom stereocenters. The van der Waals surface area contributed by atoms with E-state index in [1.807, 2.05) is 0 Å². The Morgan fingerprint density at radius 1 is 1.00 bits per heavy atom. The summed E-state index contributed by atoms with van der Waals surface area (Å²) >= 11 is 0.997. The first kappa shape index (κ1) is 28.7. The predicted molar refractivity (Wildman–Crippen MR) is 153 cm³/mol. The van der Waals surface area contributed by atoms with Crippen molar-refractivity contribution in [3.63, 3.8) is 0 Å². The topological polar surface area (TPSA) is 134 Å². The highest BCUT2D eigenvalue weighted by Crippen LogP contribution is 2.38. The molecule has 1 unspecified atom stereocenters. The minimum absolute atomic E-state index is 0.0828. The molecule has 0 saturated carbocycles. The van der Waals surface area contributed by atoms with E-state index in [1.165, 1.54) is 24.5 Å². The van der Waals surface area contributed by atoms with Gasteiger partial charge in [-0.2, -0.15) is 0 Å². The second-order valence-corrected chi connectivity index (χ2v) is 10.4. The number of carbonyl (C=O) groups excluding carboxylic acids is 4. The number of ether oxygens (including phenoxy) is 3. The molecule has 11 nitrogen and oxygen atoms in total. The molecule has 0 fully saturated rings. The van der Waals surface area contributed by atoms with Gasteiger partial charge in [-0.05, 0) is 44.5 Å². The van der Waals surface area contributed by atoms with Crippen molar-refractivity contribution in [2.24, 2.45) is 4.99 Å². The van der Waals surface area contributed by atoms with E-state index in [9.17, 15) is 24.0 Å². The van der Waals surface area contributed by atoms with Crippen LogP contribution in [0.4, 0.5) is 5.69 Å². The van der Waals surface area contributed by atoms with Crippen LogP contribution >= 0.6 is 11.3 Å². The van der Waals surface area contributed by atoms with Gasteiger partial charge >= 0.3 is 11.9 Å². The van der Waals surface area contributed by atoms with Crippen LogP contribution in [-0.4, -0.2) is 41.5 Å². The van der Waals surface area contributed by atoms with Gasteiger partial charge in [0.25, 0.3) is 11.5 Å². The Morgan fingerprint density at radius 3 is 2.40 bits per heavy atom. The van der Waals surface area contributed by atoms with Gasteiger partial charge < -0.3 is 14.2 Å². The van der Waals surface area contributed by atoms with Crippen LogP contribution in [0.1, 0.15) is 51.8 Å². The molecule has 2 amide bonds. The summed E-state index contributed by atoms with van der Waals surface area (Å²) in [5.74, 6) is -1.87. The molecule has 0 saturated heterocycles. The highest BCUT2D eigenvalue weighted by atomic mass is 32.1. The van der Waals surface area contributed by atoms with Crippen molar-refractivity contribution in [2.45, 2.75) is 40.7 Å². The average molecular weight is 590 g/mol. The van der Waals surface area contributed by atoms with Crippen LogP contribution < -0.4 is 29.3 Å². The fourth-order valence-corrected chi connectivity index (χ4v) is 6.24. The van der Waals surface area contributed by atoms with E-state index >= 15 is 0 Å². The molecule has 3 heterocycles. The smallest absolute Gasteiger partial charge is 0.338 e. The summed E-state index contributed by atoms with van der Waals surface area (Å²) in [4.78, 5) is 71.0. The third-order valence-electron chi connectivity index (χ3n) is 6.70. The Kier molecular flexibility index (Phi) is 7.65. The van der Waals surface area contributed by atoms with Gasteiger partial charge in [0, 0.05) is 19.4 Å². The molecule has 3 aromatic rings. The van der Waals surface area contributed by atoms with Gasteiger partial charge in [0.2, 0.25) is 5.91 Å². The highest BCUT2D eigenvalue weighted by Gasteiger charge is 2.39. The summed E-state index contributed by atoms with van der Waals surface area (Å²) in [5, 5.41) is 0. The summed E-state index contributed by atoms with van der Waals surface area (Å²) in [6.45, 7) is 7.99. The van der Waals surface area contributed by atoms with E-state index < -0.39 is 35.4 Å². The quantitative estimate of drug-likeness (QED) is 0.316. The van der Waals surface area contributed by atoms with Gasteiger partial charge in [0.05, 0.1) is 41.8 Å². The fraction of sp³-hybridized carbons (Fsp3) is 0.267. The van der Waals surface area contributed by atoms with E-state index in [4.69, 9.17) is 14.2 Å². The number of amides is 2. The number of imide groups is 1. The summed E-state index contributed by atoms with van der Waals surface area (Å²) in [6, 6.07) is 10.5. The number of rotatable bonds is 6. The summed E-state index contributed by atoms with van der Waals surface area (Å²) in [6.07, 6.45) is 0. The first-order valence-corrected chi connectivity index (χ1v) is 14.0. The Bertz CT molecular complexity index is 1880. The van der Waals surface area contributed by atoms with Gasteiger partial charge in [-0.1, -0.05) is 35.6 Å². The van der Waals surface area contributed by atoms with Crippen LogP contribution in [0.5, 0.6) is 11.5 Å². The Labute approximate surface area is 244 Å². The van der Waals surface area contributed by atoms with Gasteiger partial charge in [-0.15, -0.1) is 0 Å². The summed E-state index contributed by atoms with van der Waals surface area (Å²) < 4.78 is 17.8. The number of nitrogens with zero attached hydrogens (tertiary/aromatic N) is 3. The van der Waals surface area contributed by atoms with E-state index in [2.05, 4.69) is 4.99 Å². The summed E-state index contributed by atoms with van der Waals surface area (Å²) in [7, 11) is 0. The molecule has 42 heavy (non-hydrogen) atoms. The lowest BCUT2D eigenvalue weighted by Gasteiger charge is -2.25. The molecule has 2 aliphatic heterocycles. The van der Waals surface area contributed by atoms with Crippen LogP contribution in [0.25, 0.3) is 5.57 Å². The maximum Gasteiger partial charge on any atom is 0.338 e. The lowest BCUT2D eigenvalue weighted by molar-refractivity contribution is -0.139. The van der Waals surface area contributed by atoms with Crippen LogP contribution in [0.3, 0.4) is 0 Å². The van der Waals surface area contributed by atoms with Crippen LogP contribution in [0, 0.1) is 0 Å². The Balaban J connectivity index is 1.81. The molecule has 0 bridgehead atoms. The second kappa shape index (κ2) is 11.2. The molecule has 0 radical (unpaired) electrons. The third-order valence-corrected chi connectivity index (χ3v) is 7.76. The van der Waals surface area contributed by atoms with Crippen molar-refractivity contribution in [1.82, 2.24) is 4.57 Å². The number of carbonyl (C=O) groups is 4. The molecule has 0 aliphatic carbocycles. The van der Waals surface area contributed by atoms with E-state index in [-0.39, 0.29) is 45.2 Å². The molecule has 2 aromatic carbocycles. The maximum atomic E-state index is 14.2. The standard InChI is InChI=1S/C30H27N3O8S/c1-6-39-22-14-18(12-13-21(22)41-17(5)35)25-23(29(38)40-7-2)15(3)31-30-33(25)28(37)26(42-30)24-19-10-8-9-11-20(19)32(16(4)34)27(24)36/h8-14,25H,6-7H2,1-5H3. The number of thiazole rings is 1. The zero-order chi connectivity index (χ0) is 30.3. The predicted octanol–water partition coefficient (Wildman–Crippen LogP) is 2.39. The number of aromatic nitrogens is 1. The number of fused-ring (bicyclic) bond motifs is 2. The van der Waals surface area contributed by atoms with Crippen molar-refractivity contribution in [1.29, 1.82) is 0 Å². The number of para-hydroxylation sites is 1. The minimum Gasteiger partial charge on any atom is -0.490 e. The van der Waals surface area contributed by atoms with Crippen molar-refractivity contribution >= 4 is 46.4 Å². The normalized spacial score (nSPS) is 16.9. The fourth-order valence-electron chi connectivity index (χ4n) is 5.11. The first-order valence-electron chi connectivity index (χ1n) is 13.2. The Morgan fingerprint density at radius 2 is 1.74 bits per heavy atom. The first-order chi connectivity index (χ1) is 20.1. The van der Waals surface area contributed by atoms with Gasteiger partial charge in [-0.3, -0.25) is 23.7 Å². The molecule has 1 aromatic heterocycles. The molecule has 216 valence electrons. The molecule has 0 spiro atoms. The number of hydrogen-bond donors (Lipinski definition) is 0. The molecular formula is C30H27N3O8S. The number of hydrogen-bond acceptors (Lipinski definition) is 10. The molecular weight excluding hydrogens is 562 g/mol. The van der Waals surface area contributed by atoms with Gasteiger partial charge in [-0.25, -0.2) is 14.7 Å². The lowest BCUT2D eigenvalue weighted by Crippen LogP contribution is -2.41. The number of anilines is 1. The lowest BCUT2D eigenvalue weighted by atomic mass is 9.95. The average Bonchev–Trinajstić information content (AvgIpc) is 3.41. The third kappa shape index (κ3) is 4.73. The van der Waals surface area contributed by atoms with E-state index in [1.54, 1.807) is 57.2 Å². The zero-order valence-corrected chi connectivity index (χ0v) is 24.4. The number of benzene rings is 2. The van der Waals surface area contributed by atoms with Gasteiger partial charge in [0.15, 0.2) is 16.3 Å². The van der Waals surface area contributed by atoms with Crippen molar-refractivity contribution in [3.8, 4) is 11.5 Å². The molecule has 0 N–H and O–H groups in total. The van der Waals surface area contributed by atoms with Crippen LogP contribution in [0.15, 0.2) is 63.5 Å². The van der Waals surface area contributed by atoms with Crippen molar-refractivity contribution < 1.29 is 33.4 Å². The zero-order valence-electron chi connectivity index (χ0n) is 23.5. The van der Waals surface area contributed by atoms with Crippen LogP contribution in [0.2, 0.25) is 0 Å². The monoisotopic (exact) mass is 589 g/mol. The molecule has 5 rings (SSSR count). The van der Waals surface area contributed by atoms with Gasteiger partial charge in [0.1, 0.15) is 4.53 Å². The second-order valence-electron chi connectivity index (χ2n) is 9.41. The SMILES string of the molecule is CCOC(=O)C1=C(C)N=c2sc(=C3C(=O)N(C(C)=O)c4ccccc43)c(=O)n2C1c1ccc(OC(C)=O)c(OCC)c1. The minimum atomic E-state index is -1.00. The van der Waals surface area contributed by atoms with Crippen molar-refractivity contribution in [3.05, 3.63) is 84.5 Å². The largest absolute Gasteiger partial charge is 0.490 e. The molecule has 2 aliphatic rings. The Hall–Kier alpha value is -4.84.